The zero-order valence-electron chi connectivity index (χ0n) is 19.5. The van der Waals surface area contributed by atoms with Crippen LogP contribution < -0.4 is 14.8 Å². The van der Waals surface area contributed by atoms with Gasteiger partial charge in [0.15, 0.2) is 0 Å². The number of pyridine rings is 1. The molecule has 1 N–H and O–H groups in total. The normalized spacial score (nSPS) is 19.2. The van der Waals surface area contributed by atoms with Gasteiger partial charge in [0.1, 0.15) is 18.1 Å². The lowest BCUT2D eigenvalue weighted by Crippen LogP contribution is -2.48. The van der Waals surface area contributed by atoms with Crippen LogP contribution in [-0.2, 0) is 5.54 Å². The van der Waals surface area contributed by atoms with Crippen molar-refractivity contribution in [1.29, 1.82) is 0 Å². The van der Waals surface area contributed by atoms with Crippen molar-refractivity contribution < 1.29 is 27.4 Å². The molecule has 1 saturated carbocycles. The van der Waals surface area contributed by atoms with Gasteiger partial charge in [0.25, 0.3) is 5.91 Å². The number of nitrogens with one attached hydrogen (secondary N) is 1. The van der Waals surface area contributed by atoms with E-state index in [2.05, 4.69) is 27.0 Å². The molecule has 1 aromatic heterocycles. The van der Waals surface area contributed by atoms with E-state index in [1.54, 1.807) is 18.2 Å². The molecule has 0 spiro atoms. The van der Waals surface area contributed by atoms with Crippen molar-refractivity contribution in [2.75, 3.05) is 20.2 Å². The number of hydrogen-bond acceptors (Lipinski definition) is 5. The first kappa shape index (κ1) is 23.4. The molecule has 9 heteroatoms. The maximum atomic E-state index is 13.4. The van der Waals surface area contributed by atoms with E-state index in [0.29, 0.717) is 53.3 Å². The largest absolute Gasteiger partial charge is 0.573 e. The smallest absolute Gasteiger partial charge is 0.492 e. The van der Waals surface area contributed by atoms with Crippen LogP contribution in [0.4, 0.5) is 13.2 Å². The maximum Gasteiger partial charge on any atom is 0.573 e. The Morgan fingerprint density at radius 3 is 2.66 bits per heavy atom. The molecule has 2 fully saturated rings. The van der Waals surface area contributed by atoms with E-state index in [-0.39, 0.29) is 11.7 Å². The highest BCUT2D eigenvalue weighted by Gasteiger charge is 2.47. The molecule has 2 aromatic carbocycles. The van der Waals surface area contributed by atoms with Crippen molar-refractivity contribution in [3.8, 4) is 11.5 Å². The summed E-state index contributed by atoms with van der Waals surface area (Å²) in [5.74, 6) is -0.0433. The van der Waals surface area contributed by atoms with E-state index in [9.17, 15) is 18.0 Å². The summed E-state index contributed by atoms with van der Waals surface area (Å²) in [5.41, 5.74) is 1.40. The van der Waals surface area contributed by atoms with Crippen LogP contribution >= 0.6 is 0 Å². The van der Waals surface area contributed by atoms with Gasteiger partial charge in [-0.05, 0) is 75.2 Å². The lowest BCUT2D eigenvalue weighted by Gasteiger charge is -2.37. The van der Waals surface area contributed by atoms with Crippen molar-refractivity contribution in [1.82, 2.24) is 15.2 Å². The summed E-state index contributed by atoms with van der Waals surface area (Å²) >= 11 is 0. The van der Waals surface area contributed by atoms with Gasteiger partial charge in [0.2, 0.25) is 0 Å². The Morgan fingerprint density at radius 2 is 2.00 bits per heavy atom. The molecule has 1 aliphatic heterocycles. The third-order valence-corrected chi connectivity index (χ3v) is 6.88. The number of fused-ring (bicyclic) bond motifs is 1. The summed E-state index contributed by atoms with van der Waals surface area (Å²) in [6.07, 6.45) is -1.04. The zero-order valence-corrected chi connectivity index (χ0v) is 19.5. The topological polar surface area (TPSA) is 63.7 Å². The van der Waals surface area contributed by atoms with Crippen LogP contribution in [0.15, 0.2) is 48.7 Å². The van der Waals surface area contributed by atoms with Crippen LogP contribution in [-0.4, -0.2) is 48.4 Å². The van der Waals surface area contributed by atoms with Crippen LogP contribution in [0.5, 0.6) is 11.5 Å². The van der Waals surface area contributed by atoms with Gasteiger partial charge in [0, 0.05) is 29.3 Å². The second kappa shape index (κ2) is 8.71. The van der Waals surface area contributed by atoms with Crippen molar-refractivity contribution >= 4 is 16.8 Å². The first-order valence-corrected chi connectivity index (χ1v) is 11.5. The minimum atomic E-state index is -4.83. The summed E-state index contributed by atoms with van der Waals surface area (Å²) in [6, 6.07) is 11.9. The molecule has 1 amide bonds. The number of carbonyl (C=O) groups is 1. The predicted octanol–water partition coefficient (Wildman–Crippen LogP) is 4.94. The highest BCUT2D eigenvalue weighted by Crippen LogP contribution is 2.49. The third-order valence-electron chi connectivity index (χ3n) is 6.88. The Hall–Kier alpha value is -3.33. The zero-order chi connectivity index (χ0) is 24.8. The van der Waals surface area contributed by atoms with Gasteiger partial charge in [-0.2, -0.15) is 0 Å². The molecule has 1 saturated heterocycles. The number of ether oxygens (including phenoxy) is 2. The van der Waals surface area contributed by atoms with E-state index in [0.717, 1.165) is 18.5 Å². The lowest BCUT2D eigenvalue weighted by atomic mass is 9.97. The molecule has 184 valence electrons. The van der Waals surface area contributed by atoms with Crippen molar-refractivity contribution in [2.24, 2.45) is 0 Å². The fourth-order valence-electron chi connectivity index (χ4n) is 4.52. The van der Waals surface area contributed by atoms with Gasteiger partial charge in [0.05, 0.1) is 11.1 Å². The SMILES string of the molecule is Cc1ccc(OC[C@@H]2CCN2C)cc1C(=O)NC1(c2cc(OC(F)(F)F)cc3ncccc23)CC1. The third kappa shape index (κ3) is 4.91. The Morgan fingerprint density at radius 1 is 1.20 bits per heavy atom. The molecule has 1 atom stereocenters. The van der Waals surface area contributed by atoms with Gasteiger partial charge in [-0.15, -0.1) is 13.2 Å². The lowest BCUT2D eigenvalue weighted by molar-refractivity contribution is -0.274. The predicted molar refractivity (Wildman–Crippen MR) is 125 cm³/mol. The molecule has 1 aliphatic carbocycles. The number of likely N-dealkylation sites (tertiary alicyclic amines) is 1. The summed E-state index contributed by atoms with van der Waals surface area (Å²) < 4.78 is 48.9. The van der Waals surface area contributed by atoms with Crippen LogP contribution in [0.25, 0.3) is 10.9 Å². The summed E-state index contributed by atoms with van der Waals surface area (Å²) in [4.78, 5) is 19.8. The van der Waals surface area contributed by atoms with E-state index in [1.807, 2.05) is 19.1 Å². The first-order chi connectivity index (χ1) is 16.6. The number of rotatable bonds is 7. The van der Waals surface area contributed by atoms with E-state index in [1.165, 1.54) is 18.3 Å². The number of amides is 1. The van der Waals surface area contributed by atoms with Gasteiger partial charge < -0.3 is 14.8 Å². The standard InChI is InChI=1S/C26H26F3N3O3/c1-16-5-6-18(34-15-17-7-11-32(17)2)12-21(16)24(33)31-25(8-9-25)22-13-19(35-26(27,28)29)14-23-20(22)4-3-10-30-23/h3-6,10,12-14,17H,7-9,11,15H2,1-2H3,(H,31,33)/t17-/m0/s1. The van der Waals surface area contributed by atoms with Crippen LogP contribution in [0.1, 0.15) is 40.7 Å². The van der Waals surface area contributed by atoms with Crippen LogP contribution in [0.3, 0.4) is 0 Å². The Bertz CT molecular complexity index is 1270. The Balaban J connectivity index is 1.41. The van der Waals surface area contributed by atoms with E-state index < -0.39 is 11.9 Å². The molecule has 0 bridgehead atoms. The number of aromatic nitrogens is 1. The van der Waals surface area contributed by atoms with Gasteiger partial charge in [-0.3, -0.25) is 14.7 Å². The molecular formula is C26H26F3N3O3. The van der Waals surface area contributed by atoms with E-state index in [4.69, 9.17) is 4.74 Å². The number of aryl methyl sites for hydroxylation is 1. The number of hydrogen-bond donors (Lipinski definition) is 1. The average molecular weight is 486 g/mol. The summed E-state index contributed by atoms with van der Waals surface area (Å²) in [7, 11) is 2.05. The number of alkyl halides is 3. The minimum Gasteiger partial charge on any atom is -0.492 e. The molecule has 35 heavy (non-hydrogen) atoms. The van der Waals surface area contributed by atoms with Gasteiger partial charge in [-0.25, -0.2) is 0 Å². The number of carbonyl (C=O) groups excluding carboxylic acids is 1. The first-order valence-electron chi connectivity index (χ1n) is 11.5. The molecular weight excluding hydrogens is 459 g/mol. The van der Waals surface area contributed by atoms with Crippen molar-refractivity contribution in [2.45, 2.75) is 44.1 Å². The highest BCUT2D eigenvalue weighted by molar-refractivity contribution is 5.97. The summed E-state index contributed by atoms with van der Waals surface area (Å²) in [5, 5.41) is 3.76. The molecule has 2 heterocycles. The number of benzene rings is 2. The van der Waals surface area contributed by atoms with Gasteiger partial charge in [-0.1, -0.05) is 12.1 Å². The van der Waals surface area contributed by atoms with E-state index >= 15 is 0 Å². The number of halogens is 3. The molecule has 0 radical (unpaired) electrons. The second-order valence-corrected chi connectivity index (χ2v) is 9.34. The average Bonchev–Trinajstić information content (AvgIpc) is 3.57. The number of likely N-dealkylation sites (N-methyl/N-ethyl adjacent to an activating group) is 1. The fourth-order valence-corrected chi connectivity index (χ4v) is 4.52. The molecule has 6 nitrogen and oxygen atoms in total. The van der Waals surface area contributed by atoms with Crippen LogP contribution in [0.2, 0.25) is 0 Å². The summed E-state index contributed by atoms with van der Waals surface area (Å²) in [6.45, 7) is 3.45. The van der Waals surface area contributed by atoms with Gasteiger partial charge >= 0.3 is 6.36 Å². The highest BCUT2D eigenvalue weighted by atomic mass is 19.4. The quantitative estimate of drug-likeness (QED) is 0.514. The molecule has 0 unspecified atom stereocenters. The maximum absolute atomic E-state index is 13.4. The van der Waals surface area contributed by atoms with Crippen LogP contribution in [0, 0.1) is 6.92 Å². The Kier molecular flexibility index (Phi) is 5.83. The fraction of sp³-hybridized carbons (Fsp3) is 0.385. The second-order valence-electron chi connectivity index (χ2n) is 9.34. The Labute approximate surface area is 201 Å². The molecule has 5 rings (SSSR count). The minimum absolute atomic E-state index is 0.301. The number of nitrogens with zero attached hydrogens (tertiary/aromatic N) is 2. The molecule has 2 aliphatic rings. The molecule has 3 aromatic rings. The van der Waals surface area contributed by atoms with Crippen molar-refractivity contribution in [3.63, 3.8) is 0 Å². The monoisotopic (exact) mass is 485 g/mol. The van der Waals surface area contributed by atoms with Crippen molar-refractivity contribution in [3.05, 3.63) is 65.4 Å².